The number of hydrogen-bond acceptors (Lipinski definition) is 3. The summed E-state index contributed by atoms with van der Waals surface area (Å²) in [6.45, 7) is 1.04. The number of aromatic amines is 1. The molecule has 1 aliphatic carbocycles. The van der Waals surface area contributed by atoms with Crippen LogP contribution in [0.25, 0.3) is 0 Å². The van der Waals surface area contributed by atoms with E-state index in [4.69, 9.17) is 0 Å². The van der Waals surface area contributed by atoms with Crippen molar-refractivity contribution in [3.63, 3.8) is 0 Å². The van der Waals surface area contributed by atoms with Gasteiger partial charge in [-0.2, -0.15) is 5.10 Å². The van der Waals surface area contributed by atoms with Crippen LogP contribution in [0.5, 0.6) is 0 Å². The minimum absolute atomic E-state index is 0.0417. The van der Waals surface area contributed by atoms with Gasteiger partial charge in [-0.05, 0) is 37.7 Å². The third-order valence-corrected chi connectivity index (χ3v) is 5.36. The van der Waals surface area contributed by atoms with Gasteiger partial charge in [0.05, 0.1) is 6.10 Å². The van der Waals surface area contributed by atoms with Gasteiger partial charge < -0.3 is 10.0 Å². The van der Waals surface area contributed by atoms with Crippen molar-refractivity contribution in [1.29, 1.82) is 0 Å². The number of aryl methyl sites for hydroxylation is 1. The Bertz CT molecular complexity index is 725. The predicted molar refractivity (Wildman–Crippen MR) is 90.9 cm³/mol. The molecule has 4 rings (SSSR count). The number of carbonyl (C=O) groups is 1. The Morgan fingerprint density at radius 3 is 2.79 bits per heavy atom. The van der Waals surface area contributed by atoms with Crippen LogP contribution >= 0.6 is 0 Å². The second kappa shape index (κ2) is 6.40. The van der Waals surface area contributed by atoms with Crippen molar-refractivity contribution in [3.05, 3.63) is 52.8 Å². The third-order valence-electron chi connectivity index (χ3n) is 5.36. The first-order valence-corrected chi connectivity index (χ1v) is 8.82. The average Bonchev–Trinajstić information content (AvgIpc) is 3.06. The summed E-state index contributed by atoms with van der Waals surface area (Å²) < 4.78 is 0. The Morgan fingerprint density at radius 2 is 2.00 bits per heavy atom. The molecule has 0 unspecified atom stereocenters. The maximum absolute atomic E-state index is 12.9. The average molecular weight is 325 g/mol. The van der Waals surface area contributed by atoms with Gasteiger partial charge in [-0.1, -0.05) is 30.3 Å². The molecule has 5 nitrogen and oxygen atoms in total. The zero-order valence-corrected chi connectivity index (χ0v) is 13.7. The summed E-state index contributed by atoms with van der Waals surface area (Å²) in [4.78, 5) is 14.6. The molecule has 2 aliphatic rings. The molecular weight excluding hydrogens is 302 g/mol. The van der Waals surface area contributed by atoms with E-state index in [1.54, 1.807) is 4.90 Å². The van der Waals surface area contributed by atoms with Crippen molar-refractivity contribution in [2.24, 2.45) is 0 Å². The number of aliphatic hydroxyl groups is 1. The first-order chi connectivity index (χ1) is 11.7. The second-order valence-electron chi connectivity index (χ2n) is 6.86. The first-order valence-electron chi connectivity index (χ1n) is 8.82. The summed E-state index contributed by atoms with van der Waals surface area (Å²) in [6.07, 6.45) is 4.43. The van der Waals surface area contributed by atoms with Crippen LogP contribution in [0.2, 0.25) is 0 Å². The smallest absolute Gasteiger partial charge is 0.274 e. The quantitative estimate of drug-likeness (QED) is 0.890. The fraction of sp³-hybridized carbons (Fsp3) is 0.474. The predicted octanol–water partition coefficient (Wildman–Crippen LogP) is 2.28. The molecule has 1 aromatic heterocycles. The summed E-state index contributed by atoms with van der Waals surface area (Å²) in [7, 11) is 0. The van der Waals surface area contributed by atoms with Gasteiger partial charge in [0.25, 0.3) is 5.91 Å². The Labute approximate surface area is 141 Å². The molecule has 1 fully saturated rings. The molecule has 2 heterocycles. The fourth-order valence-corrected chi connectivity index (χ4v) is 4.01. The minimum Gasteiger partial charge on any atom is -0.391 e. The van der Waals surface area contributed by atoms with Crippen molar-refractivity contribution in [2.45, 2.75) is 44.1 Å². The number of H-pyrrole nitrogens is 1. The van der Waals surface area contributed by atoms with Crippen molar-refractivity contribution in [3.8, 4) is 0 Å². The maximum atomic E-state index is 12.9. The Kier molecular flexibility index (Phi) is 4.10. The number of aromatic nitrogens is 2. The molecule has 24 heavy (non-hydrogen) atoms. The summed E-state index contributed by atoms with van der Waals surface area (Å²) >= 11 is 0. The first kappa shape index (κ1) is 15.4. The number of carbonyl (C=O) groups excluding carboxylic acids is 1. The Hall–Kier alpha value is -2.14. The van der Waals surface area contributed by atoms with Gasteiger partial charge in [0.1, 0.15) is 0 Å². The van der Waals surface area contributed by atoms with E-state index in [0.717, 1.165) is 48.9 Å². The number of β-amino-alcohol motifs (C(OH)–C–C–N with tert-alkyl or cyclic N) is 1. The normalized spacial score (nSPS) is 23.8. The highest BCUT2D eigenvalue weighted by Crippen LogP contribution is 2.30. The van der Waals surface area contributed by atoms with Crippen LogP contribution in [0.15, 0.2) is 30.3 Å². The molecule has 0 bridgehead atoms. The van der Waals surface area contributed by atoms with Gasteiger partial charge in [-0.3, -0.25) is 9.89 Å². The summed E-state index contributed by atoms with van der Waals surface area (Å²) in [5, 5.41) is 17.9. The van der Waals surface area contributed by atoms with E-state index in [0.29, 0.717) is 18.8 Å². The maximum Gasteiger partial charge on any atom is 0.274 e. The zero-order chi connectivity index (χ0) is 16.5. The number of likely N-dealkylation sites (tertiary alicyclic amines) is 1. The number of amides is 1. The van der Waals surface area contributed by atoms with Crippen molar-refractivity contribution in [1.82, 2.24) is 15.1 Å². The number of nitrogens with zero attached hydrogens (tertiary/aromatic N) is 2. The SMILES string of the molecule is O=C(c1n[nH]c2c1CCCC2)N1CC[C@@H](c2ccccc2)[C@H](O)C1. The number of fused-ring (bicyclic) bond motifs is 1. The molecule has 5 heteroatoms. The molecule has 1 amide bonds. The van der Waals surface area contributed by atoms with Gasteiger partial charge >= 0.3 is 0 Å². The number of benzene rings is 1. The van der Waals surface area contributed by atoms with Crippen LogP contribution in [0, 0.1) is 0 Å². The lowest BCUT2D eigenvalue weighted by Crippen LogP contribution is -2.46. The van der Waals surface area contributed by atoms with Crippen molar-refractivity contribution >= 4 is 5.91 Å². The van der Waals surface area contributed by atoms with Crippen molar-refractivity contribution in [2.75, 3.05) is 13.1 Å². The summed E-state index contributed by atoms with van der Waals surface area (Å²) in [5.41, 5.74) is 3.92. The van der Waals surface area contributed by atoms with Crippen LogP contribution in [-0.2, 0) is 12.8 Å². The van der Waals surface area contributed by atoms with E-state index in [9.17, 15) is 9.90 Å². The molecule has 0 saturated carbocycles. The molecule has 2 aromatic rings. The van der Waals surface area contributed by atoms with Crippen LogP contribution < -0.4 is 0 Å². The van der Waals surface area contributed by atoms with E-state index in [1.807, 2.05) is 18.2 Å². The molecular formula is C19H23N3O2. The number of aliphatic hydroxyl groups excluding tert-OH is 1. The highest BCUT2D eigenvalue weighted by molar-refractivity contribution is 5.94. The number of piperidine rings is 1. The van der Waals surface area contributed by atoms with E-state index < -0.39 is 6.10 Å². The Balaban J connectivity index is 1.49. The lowest BCUT2D eigenvalue weighted by atomic mass is 9.87. The standard InChI is InChI=1S/C19H23N3O2/c23-17-12-22(11-10-14(17)13-6-2-1-3-7-13)19(24)18-15-8-4-5-9-16(15)20-21-18/h1-3,6-7,14,17,23H,4-5,8-12H2,(H,20,21)/t14-,17+/m0/s1. The number of rotatable bonds is 2. The molecule has 126 valence electrons. The monoisotopic (exact) mass is 325 g/mol. The van der Waals surface area contributed by atoms with Gasteiger partial charge in [0.15, 0.2) is 5.69 Å². The summed E-state index contributed by atoms with van der Waals surface area (Å²) in [5.74, 6) is 0.0586. The van der Waals surface area contributed by atoms with E-state index in [-0.39, 0.29) is 11.8 Å². The van der Waals surface area contributed by atoms with Gasteiger partial charge in [0, 0.05) is 30.3 Å². The topological polar surface area (TPSA) is 69.2 Å². The lowest BCUT2D eigenvalue weighted by Gasteiger charge is -2.36. The number of hydrogen-bond donors (Lipinski definition) is 2. The molecule has 1 saturated heterocycles. The van der Waals surface area contributed by atoms with Crippen LogP contribution in [0.4, 0.5) is 0 Å². The lowest BCUT2D eigenvalue weighted by molar-refractivity contribution is 0.0377. The molecule has 0 spiro atoms. The van der Waals surface area contributed by atoms with E-state index >= 15 is 0 Å². The minimum atomic E-state index is -0.528. The van der Waals surface area contributed by atoms with Gasteiger partial charge in [0.2, 0.25) is 0 Å². The van der Waals surface area contributed by atoms with Crippen LogP contribution in [0.3, 0.4) is 0 Å². The molecule has 2 N–H and O–H groups in total. The zero-order valence-electron chi connectivity index (χ0n) is 13.7. The van der Waals surface area contributed by atoms with E-state index in [1.165, 1.54) is 0 Å². The van der Waals surface area contributed by atoms with Gasteiger partial charge in [-0.15, -0.1) is 0 Å². The third kappa shape index (κ3) is 2.73. The summed E-state index contributed by atoms with van der Waals surface area (Å²) in [6, 6.07) is 10.1. The molecule has 2 atom stereocenters. The highest BCUT2D eigenvalue weighted by atomic mass is 16.3. The van der Waals surface area contributed by atoms with Crippen molar-refractivity contribution < 1.29 is 9.90 Å². The highest BCUT2D eigenvalue weighted by Gasteiger charge is 2.33. The van der Waals surface area contributed by atoms with Crippen LogP contribution in [0.1, 0.15) is 52.5 Å². The fourth-order valence-electron chi connectivity index (χ4n) is 4.01. The molecule has 1 aliphatic heterocycles. The van der Waals surface area contributed by atoms with Gasteiger partial charge in [-0.25, -0.2) is 0 Å². The largest absolute Gasteiger partial charge is 0.391 e. The second-order valence-corrected chi connectivity index (χ2v) is 6.86. The van der Waals surface area contributed by atoms with E-state index in [2.05, 4.69) is 22.3 Å². The van der Waals surface area contributed by atoms with Crippen LogP contribution in [-0.4, -0.2) is 45.3 Å². The molecule has 1 aromatic carbocycles. The molecule has 0 radical (unpaired) electrons. The Morgan fingerprint density at radius 1 is 1.21 bits per heavy atom. The number of nitrogens with one attached hydrogen (secondary N) is 1.